The number of nitrogens with one attached hydrogen (secondary N) is 1. The minimum Gasteiger partial charge on any atom is -0.478 e. The largest absolute Gasteiger partial charge is 0.478 e. The van der Waals surface area contributed by atoms with Crippen LogP contribution < -0.4 is 5.32 Å². The number of carboxylic acids is 1. The van der Waals surface area contributed by atoms with Gasteiger partial charge >= 0.3 is 12.1 Å². The van der Waals surface area contributed by atoms with E-state index in [0.717, 1.165) is 18.2 Å². The van der Waals surface area contributed by atoms with Crippen LogP contribution in [0.2, 0.25) is 0 Å². The molecule has 1 rings (SSSR count). The van der Waals surface area contributed by atoms with Gasteiger partial charge in [-0.25, -0.2) is 14.0 Å². The van der Waals surface area contributed by atoms with E-state index >= 15 is 0 Å². The second kappa shape index (κ2) is 7.38. The van der Waals surface area contributed by atoms with Crippen molar-refractivity contribution in [1.29, 1.82) is 0 Å². The Hall–Kier alpha value is -2.19. The summed E-state index contributed by atoms with van der Waals surface area (Å²) in [6.45, 7) is 4.62. The first-order valence-electron chi connectivity index (χ1n) is 6.87. The average Bonchev–Trinajstić information content (AvgIpc) is 2.42. The van der Waals surface area contributed by atoms with Crippen molar-refractivity contribution in [2.24, 2.45) is 0 Å². The number of hydrogen-bond donors (Lipinski definition) is 4. The number of amides is 1. The highest BCUT2D eigenvalue weighted by Gasteiger charge is 2.25. The highest BCUT2D eigenvalue weighted by molar-refractivity contribution is 5.89. The Kier molecular flexibility index (Phi) is 6.05. The van der Waals surface area contributed by atoms with Crippen molar-refractivity contribution in [1.82, 2.24) is 5.32 Å². The number of hydrogen-bond acceptors (Lipinski definition) is 5. The summed E-state index contributed by atoms with van der Waals surface area (Å²) in [5.74, 6) is -2.22. The molecule has 0 heterocycles. The second-order valence-corrected chi connectivity index (χ2v) is 5.93. The number of carboxylic acid groups (broad SMARTS) is 1. The zero-order chi connectivity index (χ0) is 17.8. The Labute approximate surface area is 132 Å². The van der Waals surface area contributed by atoms with Crippen molar-refractivity contribution < 1.29 is 34.0 Å². The third kappa shape index (κ3) is 5.84. The molecule has 128 valence electrons. The quantitative estimate of drug-likeness (QED) is 0.649. The van der Waals surface area contributed by atoms with Crippen molar-refractivity contribution in [3.05, 3.63) is 35.1 Å². The van der Waals surface area contributed by atoms with Crippen LogP contribution in [0.1, 0.15) is 42.8 Å². The predicted octanol–water partition coefficient (Wildman–Crippen LogP) is 1.44. The SMILES string of the molecule is CC(C)(C)OC(=O)NCC(O)C(O)c1ccc(F)cc1C(=O)O. The van der Waals surface area contributed by atoms with E-state index in [0.29, 0.717) is 0 Å². The average molecular weight is 329 g/mol. The molecule has 0 saturated carbocycles. The highest BCUT2D eigenvalue weighted by atomic mass is 19.1. The van der Waals surface area contributed by atoms with Crippen molar-refractivity contribution in [2.45, 2.75) is 38.6 Å². The van der Waals surface area contributed by atoms with Crippen molar-refractivity contribution >= 4 is 12.1 Å². The zero-order valence-electron chi connectivity index (χ0n) is 13.0. The number of carbonyl (C=O) groups excluding carboxylic acids is 1. The van der Waals surface area contributed by atoms with E-state index in [1.54, 1.807) is 20.8 Å². The lowest BCUT2D eigenvalue weighted by Crippen LogP contribution is -2.39. The van der Waals surface area contributed by atoms with Gasteiger partial charge in [0, 0.05) is 6.54 Å². The van der Waals surface area contributed by atoms with E-state index in [2.05, 4.69) is 5.32 Å². The molecule has 1 aromatic rings. The summed E-state index contributed by atoms with van der Waals surface area (Å²) >= 11 is 0. The van der Waals surface area contributed by atoms with Crippen LogP contribution in [0.25, 0.3) is 0 Å². The molecule has 0 aliphatic carbocycles. The van der Waals surface area contributed by atoms with E-state index in [1.807, 2.05) is 0 Å². The number of halogens is 1. The molecule has 1 aromatic carbocycles. The number of rotatable bonds is 5. The Morgan fingerprint density at radius 1 is 1.30 bits per heavy atom. The van der Waals surface area contributed by atoms with Gasteiger partial charge in [0.1, 0.15) is 23.6 Å². The molecule has 2 atom stereocenters. The van der Waals surface area contributed by atoms with Gasteiger partial charge < -0.3 is 25.4 Å². The Morgan fingerprint density at radius 3 is 2.43 bits per heavy atom. The normalized spacial score (nSPS) is 14.0. The number of aromatic carboxylic acids is 1. The minimum absolute atomic E-state index is 0.155. The van der Waals surface area contributed by atoms with Gasteiger partial charge in [-0.05, 0) is 38.5 Å². The summed E-state index contributed by atoms with van der Waals surface area (Å²) in [7, 11) is 0. The lowest BCUT2D eigenvalue weighted by molar-refractivity contribution is 0.0120. The van der Waals surface area contributed by atoms with E-state index in [4.69, 9.17) is 9.84 Å². The van der Waals surface area contributed by atoms with Crippen LogP contribution in [0.5, 0.6) is 0 Å². The Bertz CT molecular complexity index is 584. The van der Waals surface area contributed by atoms with Gasteiger partial charge in [-0.1, -0.05) is 6.07 Å². The van der Waals surface area contributed by atoms with Gasteiger partial charge in [-0.15, -0.1) is 0 Å². The summed E-state index contributed by atoms with van der Waals surface area (Å²) in [6, 6.07) is 2.79. The molecule has 0 saturated heterocycles. The first-order valence-corrected chi connectivity index (χ1v) is 6.87. The molecular weight excluding hydrogens is 309 g/mol. The molecule has 8 heteroatoms. The Morgan fingerprint density at radius 2 is 1.91 bits per heavy atom. The maximum absolute atomic E-state index is 13.1. The van der Waals surface area contributed by atoms with Crippen LogP contribution in [-0.4, -0.2) is 45.6 Å². The lowest BCUT2D eigenvalue weighted by Gasteiger charge is -2.22. The fourth-order valence-corrected chi connectivity index (χ4v) is 1.79. The molecule has 0 aliphatic heterocycles. The molecular formula is C15H20FNO6. The Balaban J connectivity index is 2.76. The van der Waals surface area contributed by atoms with E-state index in [9.17, 15) is 24.2 Å². The second-order valence-electron chi connectivity index (χ2n) is 5.93. The van der Waals surface area contributed by atoms with Gasteiger partial charge in [0.25, 0.3) is 0 Å². The van der Waals surface area contributed by atoms with E-state index < -0.39 is 41.3 Å². The number of aliphatic hydroxyl groups excluding tert-OH is 2. The topological polar surface area (TPSA) is 116 Å². The van der Waals surface area contributed by atoms with Gasteiger partial charge in [0.2, 0.25) is 0 Å². The third-order valence-corrected chi connectivity index (χ3v) is 2.78. The van der Waals surface area contributed by atoms with Crippen LogP contribution in [0.15, 0.2) is 18.2 Å². The highest BCUT2D eigenvalue weighted by Crippen LogP contribution is 2.22. The standard InChI is InChI=1S/C15H20FNO6/c1-15(2,3)23-14(22)17-7-11(18)12(19)9-5-4-8(16)6-10(9)13(20)21/h4-6,11-12,18-19H,7H2,1-3H3,(H,17,22)(H,20,21). The molecule has 0 spiro atoms. The third-order valence-electron chi connectivity index (χ3n) is 2.78. The maximum Gasteiger partial charge on any atom is 0.407 e. The first-order chi connectivity index (χ1) is 10.5. The summed E-state index contributed by atoms with van der Waals surface area (Å²) in [5.41, 5.74) is -1.34. The summed E-state index contributed by atoms with van der Waals surface area (Å²) in [6.07, 6.45) is -3.90. The molecule has 4 N–H and O–H groups in total. The molecule has 0 aromatic heterocycles. The zero-order valence-corrected chi connectivity index (χ0v) is 13.0. The minimum atomic E-state index is -1.61. The summed E-state index contributed by atoms with van der Waals surface area (Å²) in [5, 5.41) is 31.2. The van der Waals surface area contributed by atoms with Crippen molar-refractivity contribution in [3.8, 4) is 0 Å². The molecule has 0 bridgehead atoms. The van der Waals surface area contributed by atoms with Gasteiger partial charge in [-0.2, -0.15) is 0 Å². The lowest BCUT2D eigenvalue weighted by atomic mass is 9.98. The maximum atomic E-state index is 13.1. The van der Waals surface area contributed by atoms with Crippen LogP contribution in [0, 0.1) is 5.82 Å². The number of aliphatic hydroxyl groups is 2. The first kappa shape index (κ1) is 18.9. The molecule has 23 heavy (non-hydrogen) atoms. The molecule has 1 amide bonds. The summed E-state index contributed by atoms with van der Waals surface area (Å²) < 4.78 is 18.1. The smallest absolute Gasteiger partial charge is 0.407 e. The van der Waals surface area contributed by atoms with Gasteiger partial charge in [0.15, 0.2) is 0 Å². The van der Waals surface area contributed by atoms with E-state index in [-0.39, 0.29) is 12.1 Å². The van der Waals surface area contributed by atoms with Crippen LogP contribution >= 0.6 is 0 Å². The fourth-order valence-electron chi connectivity index (χ4n) is 1.79. The van der Waals surface area contributed by atoms with E-state index in [1.165, 1.54) is 0 Å². The van der Waals surface area contributed by atoms with Crippen molar-refractivity contribution in [3.63, 3.8) is 0 Å². The van der Waals surface area contributed by atoms with Crippen molar-refractivity contribution in [2.75, 3.05) is 6.54 Å². The number of benzene rings is 1. The molecule has 0 radical (unpaired) electrons. The molecule has 0 fully saturated rings. The van der Waals surface area contributed by atoms with Crippen LogP contribution in [0.3, 0.4) is 0 Å². The number of ether oxygens (including phenoxy) is 1. The monoisotopic (exact) mass is 329 g/mol. The molecule has 0 aliphatic rings. The number of alkyl carbamates (subject to hydrolysis) is 1. The van der Waals surface area contributed by atoms with Crippen LogP contribution in [0.4, 0.5) is 9.18 Å². The van der Waals surface area contributed by atoms with Gasteiger partial charge in [-0.3, -0.25) is 0 Å². The molecule has 7 nitrogen and oxygen atoms in total. The van der Waals surface area contributed by atoms with Gasteiger partial charge in [0.05, 0.1) is 5.56 Å². The number of carbonyl (C=O) groups is 2. The van der Waals surface area contributed by atoms with Crippen LogP contribution in [-0.2, 0) is 4.74 Å². The predicted molar refractivity (Wildman–Crippen MR) is 78.6 cm³/mol. The fraction of sp³-hybridized carbons (Fsp3) is 0.467. The molecule has 2 unspecified atom stereocenters. The summed E-state index contributed by atoms with van der Waals surface area (Å²) in [4.78, 5) is 22.5.